The van der Waals surface area contributed by atoms with E-state index in [2.05, 4.69) is 32.7 Å². The van der Waals surface area contributed by atoms with Crippen LogP contribution in [0.5, 0.6) is 0 Å². The van der Waals surface area contributed by atoms with E-state index in [1.165, 1.54) is 0 Å². The van der Waals surface area contributed by atoms with E-state index in [0.717, 1.165) is 56.2 Å². The summed E-state index contributed by atoms with van der Waals surface area (Å²) in [4.78, 5) is 9.23. The molecule has 2 aromatic rings. The number of hydrogen-bond acceptors (Lipinski definition) is 4. The SMILES string of the molecule is Nc1ccc(C#CCCN2CCN(c3ccccn3)CC2)cc1. The second-order valence-electron chi connectivity index (χ2n) is 5.69. The molecule has 4 heteroatoms. The molecule has 0 spiro atoms. The van der Waals surface area contributed by atoms with Crippen LogP contribution >= 0.6 is 0 Å². The topological polar surface area (TPSA) is 45.4 Å². The quantitative estimate of drug-likeness (QED) is 0.698. The van der Waals surface area contributed by atoms with Crippen LogP contribution in [0.1, 0.15) is 12.0 Å². The highest BCUT2D eigenvalue weighted by Gasteiger charge is 2.16. The molecule has 1 aromatic heterocycles. The van der Waals surface area contributed by atoms with Gasteiger partial charge in [-0.2, -0.15) is 0 Å². The highest BCUT2D eigenvalue weighted by Crippen LogP contribution is 2.12. The van der Waals surface area contributed by atoms with E-state index in [0.29, 0.717) is 0 Å². The molecule has 0 bridgehead atoms. The van der Waals surface area contributed by atoms with Crippen molar-refractivity contribution in [3.63, 3.8) is 0 Å². The zero-order valence-electron chi connectivity index (χ0n) is 13.3. The summed E-state index contributed by atoms with van der Waals surface area (Å²) in [5, 5.41) is 0. The summed E-state index contributed by atoms with van der Waals surface area (Å²) in [6.07, 6.45) is 2.75. The minimum atomic E-state index is 0.779. The summed E-state index contributed by atoms with van der Waals surface area (Å²) in [7, 11) is 0. The summed E-state index contributed by atoms with van der Waals surface area (Å²) in [5.74, 6) is 7.53. The standard InChI is InChI=1S/C19H22N4/c20-18-9-7-17(8-10-18)5-2-4-12-22-13-15-23(16-14-22)19-6-1-3-11-21-19/h1,3,6-11H,4,12-16,20H2. The molecule has 1 aromatic carbocycles. The van der Waals surface area contributed by atoms with Crippen LogP contribution in [-0.4, -0.2) is 42.6 Å². The zero-order valence-corrected chi connectivity index (χ0v) is 13.3. The van der Waals surface area contributed by atoms with Crippen molar-refractivity contribution < 1.29 is 0 Å². The fraction of sp³-hybridized carbons (Fsp3) is 0.316. The largest absolute Gasteiger partial charge is 0.399 e. The third-order valence-electron chi connectivity index (χ3n) is 4.04. The average molecular weight is 306 g/mol. The lowest BCUT2D eigenvalue weighted by Crippen LogP contribution is -2.46. The third kappa shape index (κ3) is 4.48. The molecule has 0 radical (unpaired) electrons. The lowest BCUT2D eigenvalue weighted by molar-refractivity contribution is 0.263. The van der Waals surface area contributed by atoms with Gasteiger partial charge in [0.15, 0.2) is 0 Å². The number of anilines is 2. The molecule has 0 saturated carbocycles. The Morgan fingerprint density at radius 1 is 1.00 bits per heavy atom. The minimum absolute atomic E-state index is 0.779. The van der Waals surface area contributed by atoms with Crippen LogP contribution in [0.4, 0.5) is 11.5 Å². The van der Waals surface area contributed by atoms with E-state index >= 15 is 0 Å². The molecular weight excluding hydrogens is 284 g/mol. The normalized spacial score (nSPS) is 15.0. The van der Waals surface area contributed by atoms with E-state index < -0.39 is 0 Å². The summed E-state index contributed by atoms with van der Waals surface area (Å²) in [6, 6.07) is 13.8. The van der Waals surface area contributed by atoms with E-state index in [1.807, 2.05) is 42.6 Å². The lowest BCUT2D eigenvalue weighted by atomic mass is 10.2. The number of piperazine rings is 1. The van der Waals surface area contributed by atoms with Gasteiger partial charge < -0.3 is 10.6 Å². The summed E-state index contributed by atoms with van der Waals surface area (Å²) in [6.45, 7) is 5.23. The van der Waals surface area contributed by atoms with Crippen LogP contribution < -0.4 is 10.6 Å². The molecular formula is C19H22N4. The maximum absolute atomic E-state index is 5.67. The third-order valence-corrected chi connectivity index (χ3v) is 4.04. The summed E-state index contributed by atoms with van der Waals surface area (Å²) in [5.41, 5.74) is 7.47. The van der Waals surface area contributed by atoms with Crippen molar-refractivity contribution in [2.45, 2.75) is 6.42 Å². The van der Waals surface area contributed by atoms with Crippen LogP contribution in [0.2, 0.25) is 0 Å². The van der Waals surface area contributed by atoms with Gasteiger partial charge in [0, 0.05) is 56.6 Å². The first-order chi connectivity index (χ1) is 11.3. The number of aromatic nitrogens is 1. The first-order valence-electron chi connectivity index (χ1n) is 8.04. The van der Waals surface area contributed by atoms with Crippen LogP contribution in [0.25, 0.3) is 0 Å². The van der Waals surface area contributed by atoms with Gasteiger partial charge in [-0.15, -0.1) is 0 Å². The zero-order chi connectivity index (χ0) is 15.9. The first-order valence-corrected chi connectivity index (χ1v) is 8.04. The van der Waals surface area contributed by atoms with Gasteiger partial charge >= 0.3 is 0 Å². The highest BCUT2D eigenvalue weighted by atomic mass is 15.3. The Hall–Kier alpha value is -2.51. The van der Waals surface area contributed by atoms with Gasteiger partial charge in [0.1, 0.15) is 5.82 Å². The number of pyridine rings is 1. The number of nitrogens with zero attached hydrogens (tertiary/aromatic N) is 3. The van der Waals surface area contributed by atoms with Crippen molar-refractivity contribution in [3.05, 3.63) is 54.2 Å². The number of rotatable bonds is 3. The summed E-state index contributed by atoms with van der Waals surface area (Å²) >= 11 is 0. The predicted octanol–water partition coefficient (Wildman–Crippen LogP) is 2.23. The van der Waals surface area contributed by atoms with Crippen molar-refractivity contribution in [1.82, 2.24) is 9.88 Å². The van der Waals surface area contributed by atoms with Gasteiger partial charge in [0.2, 0.25) is 0 Å². The van der Waals surface area contributed by atoms with E-state index in [9.17, 15) is 0 Å². The molecule has 118 valence electrons. The Morgan fingerprint density at radius 3 is 2.48 bits per heavy atom. The van der Waals surface area contributed by atoms with E-state index in [4.69, 9.17) is 5.73 Å². The van der Waals surface area contributed by atoms with Gasteiger partial charge in [-0.25, -0.2) is 4.98 Å². The monoisotopic (exact) mass is 306 g/mol. The van der Waals surface area contributed by atoms with Crippen molar-refractivity contribution >= 4 is 11.5 Å². The van der Waals surface area contributed by atoms with Crippen LogP contribution in [0.3, 0.4) is 0 Å². The maximum Gasteiger partial charge on any atom is 0.128 e. The first kappa shape index (κ1) is 15.4. The molecule has 0 aliphatic carbocycles. The van der Waals surface area contributed by atoms with Gasteiger partial charge in [-0.1, -0.05) is 17.9 Å². The van der Waals surface area contributed by atoms with Gasteiger partial charge in [-0.05, 0) is 36.4 Å². The van der Waals surface area contributed by atoms with Crippen molar-refractivity contribution in [3.8, 4) is 11.8 Å². The van der Waals surface area contributed by atoms with Gasteiger partial charge in [0.05, 0.1) is 0 Å². The second-order valence-corrected chi connectivity index (χ2v) is 5.69. The van der Waals surface area contributed by atoms with Crippen LogP contribution in [0, 0.1) is 11.8 Å². The van der Waals surface area contributed by atoms with Crippen LogP contribution in [-0.2, 0) is 0 Å². The molecule has 1 fully saturated rings. The summed E-state index contributed by atoms with van der Waals surface area (Å²) < 4.78 is 0. The van der Waals surface area contributed by atoms with Crippen molar-refractivity contribution in [2.24, 2.45) is 0 Å². The Bertz CT molecular complexity index is 662. The molecule has 4 nitrogen and oxygen atoms in total. The number of nitrogen functional groups attached to an aromatic ring is 1. The molecule has 3 rings (SSSR count). The average Bonchev–Trinajstić information content (AvgIpc) is 2.62. The molecule has 23 heavy (non-hydrogen) atoms. The van der Waals surface area contributed by atoms with Gasteiger partial charge in [0.25, 0.3) is 0 Å². The molecule has 1 aliphatic rings. The fourth-order valence-electron chi connectivity index (χ4n) is 2.69. The Labute approximate surface area is 137 Å². The molecule has 0 amide bonds. The van der Waals surface area contributed by atoms with E-state index in [-0.39, 0.29) is 0 Å². The Morgan fingerprint density at radius 2 is 1.78 bits per heavy atom. The highest BCUT2D eigenvalue weighted by molar-refractivity contribution is 5.44. The second kappa shape index (κ2) is 7.66. The number of hydrogen-bond donors (Lipinski definition) is 1. The van der Waals surface area contributed by atoms with Crippen molar-refractivity contribution in [1.29, 1.82) is 0 Å². The predicted molar refractivity (Wildman–Crippen MR) is 95.2 cm³/mol. The Kier molecular flexibility index (Phi) is 5.13. The molecule has 2 heterocycles. The van der Waals surface area contributed by atoms with E-state index in [1.54, 1.807) is 0 Å². The maximum atomic E-state index is 5.67. The number of benzene rings is 1. The van der Waals surface area contributed by atoms with Crippen LogP contribution in [0.15, 0.2) is 48.7 Å². The molecule has 0 atom stereocenters. The van der Waals surface area contributed by atoms with Crippen molar-refractivity contribution in [2.75, 3.05) is 43.4 Å². The Balaban J connectivity index is 1.42. The fourth-order valence-corrected chi connectivity index (χ4v) is 2.69. The lowest BCUT2D eigenvalue weighted by Gasteiger charge is -2.35. The smallest absolute Gasteiger partial charge is 0.128 e. The minimum Gasteiger partial charge on any atom is -0.399 e. The van der Waals surface area contributed by atoms with Gasteiger partial charge in [-0.3, -0.25) is 4.90 Å². The molecule has 2 N–H and O–H groups in total. The number of nitrogens with two attached hydrogens (primary N) is 1. The molecule has 1 saturated heterocycles. The molecule has 0 unspecified atom stereocenters. The molecule has 1 aliphatic heterocycles.